The summed E-state index contributed by atoms with van der Waals surface area (Å²) in [7, 11) is 1.54. The van der Waals surface area contributed by atoms with Crippen LogP contribution in [0.15, 0.2) is 72.0 Å². The van der Waals surface area contributed by atoms with Crippen molar-refractivity contribution in [1.82, 2.24) is 4.90 Å². The SMILES string of the molecule is COCCCN1C(=O)C(O)=C(C(=O)C=Cc2ccccc2)C1c1ccccc1F. The van der Waals surface area contributed by atoms with Crippen LogP contribution in [0.5, 0.6) is 0 Å². The maximum Gasteiger partial charge on any atom is 0.290 e. The molecule has 29 heavy (non-hydrogen) atoms. The zero-order chi connectivity index (χ0) is 20.8. The van der Waals surface area contributed by atoms with Crippen LogP contribution in [-0.2, 0) is 14.3 Å². The molecule has 0 aliphatic carbocycles. The standard InChI is InChI=1S/C23H22FNO4/c1-29-15-7-14-25-21(17-10-5-6-11-18(17)24)20(22(27)23(25)28)19(26)13-12-16-8-3-2-4-9-16/h2-6,8-13,21,27H,7,14-15H2,1H3. The van der Waals surface area contributed by atoms with Crippen LogP contribution < -0.4 is 0 Å². The highest BCUT2D eigenvalue weighted by atomic mass is 19.1. The summed E-state index contributed by atoms with van der Waals surface area (Å²) in [6.45, 7) is 0.612. The minimum Gasteiger partial charge on any atom is -0.503 e. The number of carbonyl (C=O) groups is 2. The molecule has 0 fully saturated rings. The number of halogens is 1. The van der Waals surface area contributed by atoms with Gasteiger partial charge in [0.15, 0.2) is 11.5 Å². The molecule has 1 aliphatic heterocycles. The minimum atomic E-state index is -0.992. The van der Waals surface area contributed by atoms with Crippen molar-refractivity contribution in [3.8, 4) is 0 Å². The zero-order valence-electron chi connectivity index (χ0n) is 16.0. The van der Waals surface area contributed by atoms with Gasteiger partial charge in [0.2, 0.25) is 0 Å². The third-order valence-corrected chi connectivity index (χ3v) is 4.74. The van der Waals surface area contributed by atoms with E-state index in [2.05, 4.69) is 0 Å². The lowest BCUT2D eigenvalue weighted by molar-refractivity contribution is -0.129. The topological polar surface area (TPSA) is 66.8 Å². The molecule has 6 heteroatoms. The Hall–Kier alpha value is -3.25. The van der Waals surface area contributed by atoms with Gasteiger partial charge in [0.05, 0.1) is 11.6 Å². The molecule has 150 valence electrons. The largest absolute Gasteiger partial charge is 0.503 e. The highest BCUT2D eigenvalue weighted by molar-refractivity contribution is 6.14. The van der Waals surface area contributed by atoms with E-state index in [0.717, 1.165) is 5.56 Å². The Labute approximate surface area is 168 Å². The lowest BCUT2D eigenvalue weighted by atomic mass is 9.95. The monoisotopic (exact) mass is 395 g/mol. The van der Waals surface area contributed by atoms with Gasteiger partial charge < -0.3 is 14.7 Å². The number of methoxy groups -OCH3 is 1. The molecule has 0 radical (unpaired) electrons. The van der Waals surface area contributed by atoms with E-state index in [1.165, 1.54) is 29.2 Å². The number of hydrogen-bond acceptors (Lipinski definition) is 4. The highest BCUT2D eigenvalue weighted by Crippen LogP contribution is 2.39. The van der Waals surface area contributed by atoms with Crippen LogP contribution in [0, 0.1) is 5.82 Å². The molecule has 5 nitrogen and oxygen atoms in total. The minimum absolute atomic E-state index is 0.121. The van der Waals surface area contributed by atoms with E-state index in [1.807, 2.05) is 30.3 Å². The molecular weight excluding hydrogens is 373 g/mol. The van der Waals surface area contributed by atoms with E-state index in [4.69, 9.17) is 4.74 Å². The summed E-state index contributed by atoms with van der Waals surface area (Å²) in [5, 5.41) is 10.5. The van der Waals surface area contributed by atoms with Gasteiger partial charge in [-0.15, -0.1) is 0 Å². The molecule has 3 rings (SSSR count). The number of amides is 1. The van der Waals surface area contributed by atoms with Gasteiger partial charge in [0, 0.05) is 25.8 Å². The Kier molecular flexibility index (Phi) is 6.57. The summed E-state index contributed by atoms with van der Waals surface area (Å²) in [6, 6.07) is 14.1. The molecule has 1 N–H and O–H groups in total. The third-order valence-electron chi connectivity index (χ3n) is 4.74. The van der Waals surface area contributed by atoms with Gasteiger partial charge in [-0.2, -0.15) is 0 Å². The third kappa shape index (κ3) is 4.43. The smallest absolute Gasteiger partial charge is 0.290 e. The summed E-state index contributed by atoms with van der Waals surface area (Å²) in [6.07, 6.45) is 3.38. The fourth-order valence-corrected chi connectivity index (χ4v) is 3.36. The van der Waals surface area contributed by atoms with Crippen molar-refractivity contribution >= 4 is 17.8 Å². The zero-order valence-corrected chi connectivity index (χ0v) is 16.0. The fourth-order valence-electron chi connectivity index (χ4n) is 3.36. The van der Waals surface area contributed by atoms with Crippen molar-refractivity contribution in [2.75, 3.05) is 20.3 Å². The highest BCUT2D eigenvalue weighted by Gasteiger charge is 2.43. The second-order valence-corrected chi connectivity index (χ2v) is 6.64. The average molecular weight is 395 g/mol. The van der Waals surface area contributed by atoms with Crippen molar-refractivity contribution in [3.05, 3.63) is 88.9 Å². The van der Waals surface area contributed by atoms with Gasteiger partial charge in [-0.1, -0.05) is 54.6 Å². The van der Waals surface area contributed by atoms with Crippen LogP contribution in [0.25, 0.3) is 6.08 Å². The Morgan fingerprint density at radius 2 is 1.86 bits per heavy atom. The van der Waals surface area contributed by atoms with E-state index < -0.39 is 29.3 Å². The lowest BCUT2D eigenvalue weighted by Gasteiger charge is -2.26. The molecule has 1 amide bonds. The first-order chi connectivity index (χ1) is 14.0. The number of benzene rings is 2. The number of hydrogen-bond donors (Lipinski definition) is 1. The van der Waals surface area contributed by atoms with Crippen LogP contribution in [0.3, 0.4) is 0 Å². The molecule has 0 spiro atoms. The first-order valence-corrected chi connectivity index (χ1v) is 9.29. The Morgan fingerprint density at radius 3 is 2.55 bits per heavy atom. The van der Waals surface area contributed by atoms with E-state index in [9.17, 15) is 19.1 Å². The molecule has 1 atom stereocenters. The number of ether oxygens (including phenoxy) is 1. The van der Waals surface area contributed by atoms with Crippen molar-refractivity contribution < 1.29 is 23.8 Å². The van der Waals surface area contributed by atoms with Gasteiger partial charge in [-0.3, -0.25) is 9.59 Å². The quantitative estimate of drug-likeness (QED) is 0.545. The van der Waals surface area contributed by atoms with Gasteiger partial charge in [-0.25, -0.2) is 4.39 Å². The number of aliphatic hydroxyl groups is 1. The van der Waals surface area contributed by atoms with Gasteiger partial charge in [0.25, 0.3) is 5.91 Å². The summed E-state index contributed by atoms with van der Waals surface area (Å²) in [4.78, 5) is 26.9. The Balaban J connectivity index is 1.97. The number of ketones is 1. The second kappa shape index (κ2) is 9.30. The van der Waals surface area contributed by atoms with Crippen LogP contribution >= 0.6 is 0 Å². The maximum atomic E-state index is 14.5. The number of nitrogens with zero attached hydrogens (tertiary/aromatic N) is 1. The molecule has 0 saturated carbocycles. The maximum absolute atomic E-state index is 14.5. The summed E-state index contributed by atoms with van der Waals surface area (Å²) >= 11 is 0. The molecular formula is C23H22FNO4. The summed E-state index contributed by atoms with van der Waals surface area (Å²) in [5.74, 6) is -2.42. The predicted molar refractivity (Wildman–Crippen MR) is 107 cm³/mol. The molecule has 0 saturated heterocycles. The van der Waals surface area contributed by atoms with E-state index >= 15 is 0 Å². The normalized spacial score (nSPS) is 16.8. The van der Waals surface area contributed by atoms with Gasteiger partial charge in [-0.05, 0) is 24.1 Å². The molecule has 0 bridgehead atoms. The van der Waals surface area contributed by atoms with Gasteiger partial charge in [0.1, 0.15) is 5.82 Å². The van der Waals surface area contributed by atoms with Crippen molar-refractivity contribution in [3.63, 3.8) is 0 Å². The van der Waals surface area contributed by atoms with Crippen molar-refractivity contribution in [2.24, 2.45) is 0 Å². The first-order valence-electron chi connectivity index (χ1n) is 9.29. The van der Waals surface area contributed by atoms with Crippen LogP contribution in [0.4, 0.5) is 4.39 Å². The predicted octanol–water partition coefficient (Wildman–Crippen LogP) is 3.84. The summed E-state index contributed by atoms with van der Waals surface area (Å²) < 4.78 is 19.6. The lowest BCUT2D eigenvalue weighted by Crippen LogP contribution is -2.33. The first kappa shape index (κ1) is 20.5. The van der Waals surface area contributed by atoms with E-state index in [0.29, 0.717) is 13.0 Å². The van der Waals surface area contributed by atoms with Crippen molar-refractivity contribution in [1.29, 1.82) is 0 Å². The van der Waals surface area contributed by atoms with Crippen LogP contribution in [0.2, 0.25) is 0 Å². The average Bonchev–Trinajstić information content (AvgIpc) is 2.98. The van der Waals surface area contributed by atoms with Gasteiger partial charge >= 0.3 is 0 Å². The van der Waals surface area contributed by atoms with E-state index in [-0.39, 0.29) is 17.7 Å². The number of allylic oxidation sites excluding steroid dienone is 1. The van der Waals surface area contributed by atoms with Crippen LogP contribution in [-0.4, -0.2) is 42.0 Å². The second-order valence-electron chi connectivity index (χ2n) is 6.64. The summed E-state index contributed by atoms with van der Waals surface area (Å²) in [5.41, 5.74) is 0.841. The Bertz CT molecular complexity index is 952. The number of aliphatic hydroxyl groups excluding tert-OH is 1. The number of rotatable bonds is 8. The molecule has 2 aromatic rings. The molecule has 1 unspecified atom stereocenters. The molecule has 1 heterocycles. The fraction of sp³-hybridized carbons (Fsp3) is 0.217. The molecule has 2 aromatic carbocycles. The molecule has 1 aliphatic rings. The Morgan fingerprint density at radius 1 is 1.17 bits per heavy atom. The van der Waals surface area contributed by atoms with Crippen LogP contribution in [0.1, 0.15) is 23.6 Å². The number of carbonyl (C=O) groups excluding carboxylic acids is 2. The van der Waals surface area contributed by atoms with Crippen molar-refractivity contribution in [2.45, 2.75) is 12.5 Å². The van der Waals surface area contributed by atoms with E-state index in [1.54, 1.807) is 19.3 Å². The molecule has 0 aromatic heterocycles.